The van der Waals surface area contributed by atoms with E-state index in [0.29, 0.717) is 22.6 Å². The van der Waals surface area contributed by atoms with E-state index in [4.69, 9.17) is 9.47 Å². The minimum atomic E-state index is -0.708. The molecular weight excluding hydrogens is 484 g/mol. The van der Waals surface area contributed by atoms with Crippen molar-refractivity contribution in [1.82, 2.24) is 14.6 Å². The molecule has 0 radical (unpaired) electrons. The Morgan fingerprint density at radius 2 is 1.74 bits per heavy atom. The van der Waals surface area contributed by atoms with Gasteiger partial charge in [-0.15, -0.1) is 5.10 Å². The summed E-state index contributed by atoms with van der Waals surface area (Å²) in [4.78, 5) is 29.2. The minimum absolute atomic E-state index is 0.286. The van der Waals surface area contributed by atoms with Gasteiger partial charge in [-0.05, 0) is 70.5 Å². The monoisotopic (exact) mass is 512 g/mol. The SMILES string of the molecule is CC(C)(C)OC(=O)Nc1cn2nc(Oc3cccc(NC(=O)c4cccc(C(C)(C)C#N)c4)c3)ccc2n1. The predicted molar refractivity (Wildman–Crippen MR) is 142 cm³/mol. The molecule has 10 nitrogen and oxygen atoms in total. The van der Waals surface area contributed by atoms with Gasteiger partial charge in [0.05, 0.1) is 17.7 Å². The number of hydrogen-bond donors (Lipinski definition) is 2. The van der Waals surface area contributed by atoms with Crippen molar-refractivity contribution in [3.63, 3.8) is 0 Å². The molecule has 0 atom stereocenters. The molecule has 194 valence electrons. The van der Waals surface area contributed by atoms with Crippen molar-refractivity contribution in [3.8, 4) is 17.7 Å². The molecule has 2 aromatic carbocycles. The molecule has 10 heteroatoms. The lowest BCUT2D eigenvalue weighted by Gasteiger charge is -2.18. The van der Waals surface area contributed by atoms with Gasteiger partial charge in [0, 0.05) is 23.4 Å². The highest BCUT2D eigenvalue weighted by Crippen LogP contribution is 2.26. The second-order valence-electron chi connectivity index (χ2n) is 10.1. The van der Waals surface area contributed by atoms with Gasteiger partial charge in [-0.3, -0.25) is 10.1 Å². The smallest absolute Gasteiger partial charge is 0.413 e. The molecule has 4 aromatic rings. The fourth-order valence-corrected chi connectivity index (χ4v) is 3.46. The first-order chi connectivity index (χ1) is 17.9. The van der Waals surface area contributed by atoms with Gasteiger partial charge in [0.25, 0.3) is 5.91 Å². The van der Waals surface area contributed by atoms with E-state index in [2.05, 4.69) is 26.8 Å². The van der Waals surface area contributed by atoms with Crippen molar-refractivity contribution in [1.29, 1.82) is 5.26 Å². The molecule has 0 unspecified atom stereocenters. The Kier molecular flexibility index (Phi) is 7.04. The third-order valence-electron chi connectivity index (χ3n) is 5.36. The van der Waals surface area contributed by atoms with Crippen LogP contribution in [0.2, 0.25) is 0 Å². The summed E-state index contributed by atoms with van der Waals surface area (Å²) in [5, 5.41) is 19.2. The molecule has 2 amide bonds. The standard InChI is InChI=1S/C28H28N6O4/c1-27(2,3)38-26(36)32-22-16-34-23(31-22)12-13-24(33-34)37-21-11-7-10-20(15-21)30-25(35)18-8-6-9-19(14-18)28(4,5)17-29/h6-16H,1-5H3,(H,30,35)(H,32,36). The molecule has 0 aliphatic carbocycles. The average molecular weight is 513 g/mol. The van der Waals surface area contributed by atoms with Crippen molar-refractivity contribution in [2.24, 2.45) is 0 Å². The molecule has 0 spiro atoms. The molecule has 0 aliphatic heterocycles. The largest absolute Gasteiger partial charge is 0.444 e. The third kappa shape index (κ3) is 6.44. The lowest BCUT2D eigenvalue weighted by Crippen LogP contribution is -2.27. The number of fused-ring (bicyclic) bond motifs is 1. The molecule has 38 heavy (non-hydrogen) atoms. The molecule has 2 heterocycles. The molecule has 2 N–H and O–H groups in total. The van der Waals surface area contributed by atoms with Gasteiger partial charge < -0.3 is 14.8 Å². The van der Waals surface area contributed by atoms with E-state index < -0.39 is 17.1 Å². The zero-order valence-electron chi connectivity index (χ0n) is 21.8. The van der Waals surface area contributed by atoms with Crippen LogP contribution in [0.25, 0.3) is 5.65 Å². The summed E-state index contributed by atoms with van der Waals surface area (Å²) in [6.07, 6.45) is 0.932. The van der Waals surface area contributed by atoms with Gasteiger partial charge in [0.2, 0.25) is 5.88 Å². The molecule has 0 saturated carbocycles. The Morgan fingerprint density at radius 3 is 2.47 bits per heavy atom. The molecule has 0 aliphatic rings. The number of amides is 2. The number of nitrogens with one attached hydrogen (secondary N) is 2. The Labute approximate surface area is 220 Å². The highest BCUT2D eigenvalue weighted by Gasteiger charge is 2.21. The maximum Gasteiger partial charge on any atom is 0.413 e. The van der Waals surface area contributed by atoms with Crippen LogP contribution in [-0.2, 0) is 10.2 Å². The summed E-state index contributed by atoms with van der Waals surface area (Å²) < 4.78 is 12.6. The second-order valence-corrected chi connectivity index (χ2v) is 10.1. The van der Waals surface area contributed by atoms with Crippen LogP contribution in [0.15, 0.2) is 66.9 Å². The Bertz CT molecular complexity index is 1540. The van der Waals surface area contributed by atoms with Crippen LogP contribution in [0.1, 0.15) is 50.5 Å². The number of nitrogens with zero attached hydrogens (tertiary/aromatic N) is 4. The van der Waals surface area contributed by atoms with Crippen LogP contribution in [0, 0.1) is 11.3 Å². The lowest BCUT2D eigenvalue weighted by molar-refractivity contribution is 0.0635. The summed E-state index contributed by atoms with van der Waals surface area (Å²) in [6.45, 7) is 8.93. The summed E-state index contributed by atoms with van der Waals surface area (Å²) in [7, 11) is 0. The summed E-state index contributed by atoms with van der Waals surface area (Å²) >= 11 is 0. The van der Waals surface area contributed by atoms with Crippen molar-refractivity contribution in [2.75, 3.05) is 10.6 Å². The fraction of sp³-hybridized carbons (Fsp3) is 0.250. The predicted octanol–water partition coefficient (Wildman–Crippen LogP) is 5.92. The first kappa shape index (κ1) is 26.2. The number of ether oxygens (including phenoxy) is 2. The molecule has 4 rings (SSSR count). The summed E-state index contributed by atoms with van der Waals surface area (Å²) in [5.74, 6) is 0.728. The first-order valence-corrected chi connectivity index (χ1v) is 11.9. The van der Waals surface area contributed by atoms with Gasteiger partial charge >= 0.3 is 6.09 Å². The molecule has 0 fully saturated rings. The van der Waals surface area contributed by atoms with Gasteiger partial charge in [-0.2, -0.15) is 5.26 Å². The van der Waals surface area contributed by atoms with Gasteiger partial charge in [-0.25, -0.2) is 14.3 Å². The molecule has 0 saturated heterocycles. The van der Waals surface area contributed by atoms with E-state index >= 15 is 0 Å². The normalized spacial score (nSPS) is 11.5. The maximum absolute atomic E-state index is 12.9. The maximum atomic E-state index is 12.9. The van der Waals surface area contributed by atoms with Crippen LogP contribution in [0.5, 0.6) is 11.6 Å². The Hall–Kier alpha value is -4.91. The fourth-order valence-electron chi connectivity index (χ4n) is 3.46. The van der Waals surface area contributed by atoms with E-state index in [9.17, 15) is 14.9 Å². The van der Waals surface area contributed by atoms with Gasteiger partial charge in [0.15, 0.2) is 11.5 Å². The van der Waals surface area contributed by atoms with E-state index in [1.807, 2.05) is 6.07 Å². The first-order valence-electron chi connectivity index (χ1n) is 11.9. The van der Waals surface area contributed by atoms with Crippen LogP contribution in [-0.4, -0.2) is 32.2 Å². The number of rotatable bonds is 6. The van der Waals surface area contributed by atoms with E-state index in [-0.39, 0.29) is 17.6 Å². The number of anilines is 2. The molecular formula is C28H28N6O4. The number of imidazole rings is 1. The van der Waals surface area contributed by atoms with Crippen LogP contribution < -0.4 is 15.4 Å². The lowest BCUT2D eigenvalue weighted by atomic mass is 9.85. The van der Waals surface area contributed by atoms with E-state index in [1.54, 1.807) is 95.4 Å². The highest BCUT2D eigenvalue weighted by atomic mass is 16.6. The Balaban J connectivity index is 1.45. The second kappa shape index (κ2) is 10.2. The number of carbonyl (C=O) groups is 2. The number of benzene rings is 2. The number of aromatic nitrogens is 3. The van der Waals surface area contributed by atoms with Crippen molar-refractivity contribution in [2.45, 2.75) is 45.6 Å². The Morgan fingerprint density at radius 1 is 0.974 bits per heavy atom. The highest BCUT2D eigenvalue weighted by molar-refractivity contribution is 6.04. The van der Waals surface area contributed by atoms with Gasteiger partial charge in [0.1, 0.15) is 11.4 Å². The molecule has 2 aromatic heterocycles. The quantitative estimate of drug-likeness (QED) is 0.328. The van der Waals surface area contributed by atoms with Crippen LogP contribution in [0.4, 0.5) is 16.3 Å². The van der Waals surface area contributed by atoms with Crippen LogP contribution >= 0.6 is 0 Å². The number of hydrogen-bond acceptors (Lipinski definition) is 7. The number of nitriles is 1. The van der Waals surface area contributed by atoms with E-state index in [1.165, 1.54) is 4.52 Å². The third-order valence-corrected chi connectivity index (χ3v) is 5.36. The molecule has 0 bridgehead atoms. The number of carbonyl (C=O) groups excluding carboxylic acids is 2. The van der Waals surface area contributed by atoms with Crippen molar-refractivity contribution < 1.29 is 19.1 Å². The van der Waals surface area contributed by atoms with Crippen molar-refractivity contribution >= 4 is 29.2 Å². The topological polar surface area (TPSA) is 131 Å². The summed E-state index contributed by atoms with van der Waals surface area (Å²) in [6, 6.07) is 19.5. The average Bonchev–Trinajstić information content (AvgIpc) is 3.24. The van der Waals surface area contributed by atoms with E-state index in [0.717, 1.165) is 5.56 Å². The zero-order chi connectivity index (χ0) is 27.5. The van der Waals surface area contributed by atoms with Crippen LogP contribution in [0.3, 0.4) is 0 Å². The minimum Gasteiger partial charge on any atom is -0.444 e. The van der Waals surface area contributed by atoms with Gasteiger partial charge in [-0.1, -0.05) is 18.2 Å². The zero-order valence-corrected chi connectivity index (χ0v) is 21.8. The van der Waals surface area contributed by atoms with Crippen molar-refractivity contribution in [3.05, 3.63) is 78.0 Å². The summed E-state index contributed by atoms with van der Waals surface area (Å²) in [5.41, 5.74) is 0.904.